The lowest BCUT2D eigenvalue weighted by atomic mass is 10.3. The van der Waals surface area contributed by atoms with E-state index in [1.165, 1.54) is 9.75 Å². The van der Waals surface area contributed by atoms with E-state index in [1.54, 1.807) is 36.8 Å². The first-order chi connectivity index (χ1) is 11.1. The van der Waals surface area contributed by atoms with Crippen LogP contribution in [0.1, 0.15) is 16.8 Å². The van der Waals surface area contributed by atoms with Crippen LogP contribution in [0.5, 0.6) is 0 Å². The van der Waals surface area contributed by atoms with Crippen LogP contribution < -0.4 is 10.6 Å². The Labute approximate surface area is 169 Å². The monoisotopic (exact) mass is 480 g/mol. The molecule has 1 unspecified atom stereocenters. The molecule has 0 spiro atoms. The Balaban J connectivity index is 0.00000288. The van der Waals surface area contributed by atoms with Crippen LogP contribution in [0.15, 0.2) is 22.5 Å². The topological polar surface area (TPSA) is 58.5 Å². The normalized spacial score (nSPS) is 12.6. The van der Waals surface area contributed by atoms with Gasteiger partial charge in [0, 0.05) is 37.0 Å². The molecule has 0 radical (unpaired) electrons. The van der Waals surface area contributed by atoms with E-state index in [0.29, 0.717) is 6.61 Å². The van der Waals surface area contributed by atoms with E-state index >= 15 is 0 Å². The second kappa shape index (κ2) is 11.0. The Hall–Kier alpha value is -0.710. The number of rotatable bonds is 7. The average Bonchev–Trinajstić information content (AvgIpc) is 3.15. The highest BCUT2D eigenvalue weighted by Crippen LogP contribution is 2.29. The molecule has 0 fully saturated rings. The van der Waals surface area contributed by atoms with Crippen LogP contribution >= 0.6 is 46.7 Å². The van der Waals surface area contributed by atoms with E-state index < -0.39 is 0 Å². The summed E-state index contributed by atoms with van der Waals surface area (Å²) in [7, 11) is 3.48. The molecule has 134 valence electrons. The molecule has 2 aromatic heterocycles. The second-order valence-corrected chi connectivity index (χ2v) is 7.50. The SMILES string of the molecule is CN=C(NCCc1ccc(-c2csc(C)n2)s1)NC(C)COC.I. The maximum atomic E-state index is 5.12. The molecule has 8 heteroatoms. The van der Waals surface area contributed by atoms with Gasteiger partial charge in [-0.05, 0) is 32.4 Å². The highest BCUT2D eigenvalue weighted by molar-refractivity contribution is 14.0. The van der Waals surface area contributed by atoms with E-state index in [2.05, 4.69) is 45.0 Å². The Morgan fingerprint density at radius 3 is 2.83 bits per heavy atom. The van der Waals surface area contributed by atoms with E-state index in [0.717, 1.165) is 29.6 Å². The van der Waals surface area contributed by atoms with Crippen molar-refractivity contribution in [2.45, 2.75) is 26.3 Å². The van der Waals surface area contributed by atoms with Crippen molar-refractivity contribution < 1.29 is 4.74 Å². The molecule has 0 aliphatic rings. The van der Waals surface area contributed by atoms with Gasteiger partial charge in [-0.3, -0.25) is 4.99 Å². The van der Waals surface area contributed by atoms with E-state index in [1.807, 2.05) is 6.92 Å². The number of nitrogens with zero attached hydrogens (tertiary/aromatic N) is 2. The fourth-order valence-electron chi connectivity index (χ4n) is 2.15. The number of hydrogen-bond acceptors (Lipinski definition) is 5. The van der Waals surface area contributed by atoms with Gasteiger partial charge in [0.2, 0.25) is 0 Å². The van der Waals surface area contributed by atoms with Gasteiger partial charge >= 0.3 is 0 Å². The third kappa shape index (κ3) is 6.66. The maximum absolute atomic E-state index is 5.12. The third-order valence-corrected chi connectivity index (χ3v) is 5.16. The molecule has 2 N–H and O–H groups in total. The summed E-state index contributed by atoms with van der Waals surface area (Å²) in [6, 6.07) is 4.56. The fraction of sp³-hybridized carbons (Fsp3) is 0.500. The van der Waals surface area contributed by atoms with Crippen molar-refractivity contribution >= 4 is 52.6 Å². The molecule has 0 bridgehead atoms. The van der Waals surface area contributed by atoms with Gasteiger partial charge in [-0.25, -0.2) is 4.98 Å². The van der Waals surface area contributed by atoms with Crippen molar-refractivity contribution in [3.8, 4) is 10.6 Å². The number of hydrogen-bond donors (Lipinski definition) is 2. The lowest BCUT2D eigenvalue weighted by Crippen LogP contribution is -2.44. The summed E-state index contributed by atoms with van der Waals surface area (Å²) in [6.45, 7) is 5.60. The summed E-state index contributed by atoms with van der Waals surface area (Å²) >= 11 is 3.50. The number of aromatic nitrogens is 1. The number of aryl methyl sites for hydroxylation is 1. The van der Waals surface area contributed by atoms with Crippen molar-refractivity contribution in [2.24, 2.45) is 4.99 Å². The Morgan fingerprint density at radius 2 is 2.21 bits per heavy atom. The largest absolute Gasteiger partial charge is 0.383 e. The van der Waals surface area contributed by atoms with E-state index in [4.69, 9.17) is 4.74 Å². The first kappa shape index (κ1) is 21.3. The van der Waals surface area contributed by atoms with Gasteiger partial charge in [0.15, 0.2) is 5.96 Å². The van der Waals surface area contributed by atoms with Gasteiger partial charge in [0.05, 0.1) is 22.2 Å². The summed E-state index contributed by atoms with van der Waals surface area (Å²) in [4.78, 5) is 11.4. The predicted molar refractivity (Wildman–Crippen MR) is 115 cm³/mol. The van der Waals surface area contributed by atoms with Crippen molar-refractivity contribution in [3.05, 3.63) is 27.4 Å². The van der Waals surface area contributed by atoms with Crippen molar-refractivity contribution in [3.63, 3.8) is 0 Å². The van der Waals surface area contributed by atoms with Crippen LogP contribution in [0.2, 0.25) is 0 Å². The fourth-order valence-corrected chi connectivity index (χ4v) is 3.81. The first-order valence-corrected chi connectivity index (χ1v) is 9.29. The summed E-state index contributed by atoms with van der Waals surface area (Å²) < 4.78 is 5.12. The van der Waals surface area contributed by atoms with Gasteiger partial charge in [0.25, 0.3) is 0 Å². The van der Waals surface area contributed by atoms with Crippen LogP contribution in [0.25, 0.3) is 10.6 Å². The molecule has 2 rings (SSSR count). The molecule has 5 nitrogen and oxygen atoms in total. The number of thiazole rings is 1. The number of guanidine groups is 1. The van der Waals surface area contributed by atoms with Crippen LogP contribution in [-0.2, 0) is 11.2 Å². The van der Waals surface area contributed by atoms with Crippen LogP contribution in [-0.4, -0.2) is 44.3 Å². The van der Waals surface area contributed by atoms with Crippen LogP contribution in [0.4, 0.5) is 0 Å². The van der Waals surface area contributed by atoms with Crippen LogP contribution in [0.3, 0.4) is 0 Å². The van der Waals surface area contributed by atoms with E-state index in [-0.39, 0.29) is 30.0 Å². The Morgan fingerprint density at radius 1 is 1.42 bits per heavy atom. The van der Waals surface area contributed by atoms with Crippen molar-refractivity contribution in [1.29, 1.82) is 0 Å². The lowest BCUT2D eigenvalue weighted by Gasteiger charge is -2.16. The minimum atomic E-state index is 0. The zero-order valence-corrected chi connectivity index (χ0v) is 18.4. The third-order valence-electron chi connectivity index (χ3n) is 3.22. The second-order valence-electron chi connectivity index (χ2n) is 5.27. The minimum absolute atomic E-state index is 0. The number of nitrogens with one attached hydrogen (secondary N) is 2. The predicted octanol–water partition coefficient (Wildman–Crippen LogP) is 3.54. The van der Waals surface area contributed by atoms with Gasteiger partial charge in [-0.15, -0.1) is 46.7 Å². The number of halogens is 1. The quantitative estimate of drug-likeness (QED) is 0.362. The molecule has 0 saturated carbocycles. The number of thiophene rings is 1. The Kier molecular flexibility index (Phi) is 9.79. The standard InChI is InChI=1S/C16H24N4OS2.HI/c1-11(9-21-4)19-16(17-3)18-8-7-13-5-6-15(23-13)14-10-22-12(2)20-14;/h5-6,10-11H,7-9H2,1-4H3,(H2,17,18,19);1H. The summed E-state index contributed by atoms with van der Waals surface area (Å²) in [5.74, 6) is 0.807. The molecule has 0 saturated heterocycles. The van der Waals surface area contributed by atoms with Gasteiger partial charge in [-0.1, -0.05) is 0 Å². The zero-order chi connectivity index (χ0) is 16.7. The molecule has 2 heterocycles. The molecular weight excluding hydrogens is 455 g/mol. The Bertz CT molecular complexity index is 642. The summed E-state index contributed by atoms with van der Waals surface area (Å²) in [6.07, 6.45) is 0.965. The van der Waals surface area contributed by atoms with Gasteiger partial charge < -0.3 is 15.4 Å². The van der Waals surface area contributed by atoms with Gasteiger partial charge in [-0.2, -0.15) is 0 Å². The van der Waals surface area contributed by atoms with E-state index in [9.17, 15) is 0 Å². The maximum Gasteiger partial charge on any atom is 0.191 e. The molecule has 1 atom stereocenters. The molecule has 0 aliphatic carbocycles. The number of methoxy groups -OCH3 is 1. The van der Waals surface area contributed by atoms with Crippen LogP contribution in [0, 0.1) is 6.92 Å². The lowest BCUT2D eigenvalue weighted by molar-refractivity contribution is 0.179. The zero-order valence-electron chi connectivity index (χ0n) is 14.5. The molecule has 0 aromatic carbocycles. The number of aliphatic imine (C=N–C) groups is 1. The molecule has 0 amide bonds. The smallest absolute Gasteiger partial charge is 0.191 e. The van der Waals surface area contributed by atoms with Gasteiger partial charge in [0.1, 0.15) is 0 Å². The minimum Gasteiger partial charge on any atom is -0.383 e. The summed E-state index contributed by atoms with van der Waals surface area (Å²) in [5.41, 5.74) is 1.09. The molecular formula is C16H25IN4OS2. The van der Waals surface area contributed by atoms with Crippen molar-refractivity contribution in [1.82, 2.24) is 15.6 Å². The molecule has 0 aliphatic heterocycles. The number of ether oxygens (including phenoxy) is 1. The summed E-state index contributed by atoms with van der Waals surface area (Å²) in [5, 5.41) is 9.86. The van der Waals surface area contributed by atoms with Crippen molar-refractivity contribution in [2.75, 3.05) is 27.3 Å². The molecule has 2 aromatic rings. The highest BCUT2D eigenvalue weighted by atomic mass is 127. The molecule has 24 heavy (non-hydrogen) atoms. The first-order valence-electron chi connectivity index (χ1n) is 7.59. The average molecular weight is 480 g/mol. The highest BCUT2D eigenvalue weighted by Gasteiger charge is 2.07.